The van der Waals surface area contributed by atoms with Crippen molar-refractivity contribution in [2.45, 2.75) is 13.5 Å². The summed E-state index contributed by atoms with van der Waals surface area (Å²) in [6.07, 6.45) is 0. The van der Waals surface area contributed by atoms with Crippen LogP contribution < -0.4 is 10.1 Å². The Morgan fingerprint density at radius 3 is 2.79 bits per heavy atom. The minimum Gasteiger partial charge on any atom is -0.496 e. The van der Waals surface area contributed by atoms with Crippen LogP contribution in [0.25, 0.3) is 0 Å². The summed E-state index contributed by atoms with van der Waals surface area (Å²) in [6, 6.07) is 10.1. The van der Waals surface area contributed by atoms with Crippen LogP contribution in [0.15, 0.2) is 36.4 Å². The highest BCUT2D eigenvalue weighted by Crippen LogP contribution is 2.27. The van der Waals surface area contributed by atoms with Crippen molar-refractivity contribution >= 4 is 17.3 Å². The second kappa shape index (κ2) is 5.93. The van der Waals surface area contributed by atoms with Crippen LogP contribution in [0.4, 0.5) is 10.1 Å². The van der Waals surface area contributed by atoms with Crippen LogP contribution in [-0.4, -0.2) is 7.11 Å². The number of anilines is 1. The van der Waals surface area contributed by atoms with Crippen molar-refractivity contribution < 1.29 is 9.13 Å². The van der Waals surface area contributed by atoms with Crippen LogP contribution in [0.1, 0.15) is 11.1 Å². The lowest BCUT2D eigenvalue weighted by Gasteiger charge is -2.13. The zero-order chi connectivity index (χ0) is 13.8. The Morgan fingerprint density at radius 1 is 1.26 bits per heavy atom. The summed E-state index contributed by atoms with van der Waals surface area (Å²) >= 11 is 6.15. The van der Waals surface area contributed by atoms with E-state index in [4.69, 9.17) is 16.3 Å². The lowest BCUT2D eigenvalue weighted by Crippen LogP contribution is -2.04. The van der Waals surface area contributed by atoms with E-state index in [2.05, 4.69) is 5.32 Å². The third-order valence-corrected chi connectivity index (χ3v) is 3.31. The largest absolute Gasteiger partial charge is 0.496 e. The van der Waals surface area contributed by atoms with Crippen molar-refractivity contribution in [2.24, 2.45) is 0 Å². The summed E-state index contributed by atoms with van der Waals surface area (Å²) in [6.45, 7) is 2.40. The number of benzene rings is 2. The number of methoxy groups -OCH3 is 1. The molecule has 0 aliphatic heterocycles. The molecule has 0 bridgehead atoms. The van der Waals surface area contributed by atoms with Crippen molar-refractivity contribution in [3.8, 4) is 5.75 Å². The van der Waals surface area contributed by atoms with Gasteiger partial charge in [-0.2, -0.15) is 0 Å². The molecule has 0 aliphatic carbocycles. The number of hydrogen-bond donors (Lipinski definition) is 1. The Labute approximate surface area is 117 Å². The van der Waals surface area contributed by atoms with Gasteiger partial charge in [0, 0.05) is 22.8 Å². The molecule has 1 N–H and O–H groups in total. The number of aryl methyl sites for hydroxylation is 1. The predicted octanol–water partition coefficient (Wildman–Crippen LogP) is 4.41. The third-order valence-electron chi connectivity index (χ3n) is 2.95. The second-order valence-electron chi connectivity index (χ2n) is 4.23. The van der Waals surface area contributed by atoms with E-state index in [1.54, 1.807) is 19.2 Å². The summed E-state index contributed by atoms with van der Waals surface area (Å²) in [5.74, 6) is 0.452. The maximum Gasteiger partial charge on any atom is 0.125 e. The highest BCUT2D eigenvalue weighted by atomic mass is 35.5. The fourth-order valence-electron chi connectivity index (χ4n) is 1.87. The van der Waals surface area contributed by atoms with Gasteiger partial charge in [0.1, 0.15) is 11.6 Å². The first-order valence-corrected chi connectivity index (χ1v) is 6.31. The van der Waals surface area contributed by atoms with Gasteiger partial charge in [-0.3, -0.25) is 0 Å². The van der Waals surface area contributed by atoms with Crippen LogP contribution in [0.2, 0.25) is 5.02 Å². The van der Waals surface area contributed by atoms with E-state index in [0.717, 1.165) is 16.8 Å². The molecule has 0 aromatic heterocycles. The molecule has 4 heteroatoms. The second-order valence-corrected chi connectivity index (χ2v) is 4.64. The summed E-state index contributed by atoms with van der Waals surface area (Å²) < 4.78 is 18.5. The van der Waals surface area contributed by atoms with E-state index in [1.807, 2.05) is 19.1 Å². The molecule has 0 saturated carbocycles. The van der Waals surface area contributed by atoms with Gasteiger partial charge in [0.2, 0.25) is 0 Å². The van der Waals surface area contributed by atoms with Crippen molar-refractivity contribution in [3.05, 3.63) is 58.4 Å². The molecule has 100 valence electrons. The summed E-state index contributed by atoms with van der Waals surface area (Å²) in [7, 11) is 1.60. The van der Waals surface area contributed by atoms with E-state index < -0.39 is 0 Å². The van der Waals surface area contributed by atoms with Gasteiger partial charge in [-0.25, -0.2) is 4.39 Å². The quantitative estimate of drug-likeness (QED) is 0.895. The number of hydrogen-bond acceptors (Lipinski definition) is 2. The maximum absolute atomic E-state index is 13.2. The highest BCUT2D eigenvalue weighted by Gasteiger charge is 2.08. The molecule has 0 radical (unpaired) electrons. The first kappa shape index (κ1) is 13.7. The Bertz CT molecular complexity index is 586. The highest BCUT2D eigenvalue weighted by molar-refractivity contribution is 6.31. The zero-order valence-corrected chi connectivity index (χ0v) is 11.6. The molecule has 0 amide bonds. The first-order chi connectivity index (χ1) is 9.11. The fraction of sp³-hybridized carbons (Fsp3) is 0.200. The van der Waals surface area contributed by atoms with Gasteiger partial charge in [0.25, 0.3) is 0 Å². The van der Waals surface area contributed by atoms with Crippen molar-refractivity contribution in [1.82, 2.24) is 0 Å². The Morgan fingerprint density at radius 2 is 2.05 bits per heavy atom. The first-order valence-electron chi connectivity index (χ1n) is 5.93. The molecule has 0 heterocycles. The molecule has 0 fully saturated rings. The molecule has 0 aliphatic rings. The van der Waals surface area contributed by atoms with Crippen LogP contribution in [-0.2, 0) is 6.54 Å². The average Bonchev–Trinajstić information content (AvgIpc) is 2.40. The van der Waals surface area contributed by atoms with Gasteiger partial charge in [-0.15, -0.1) is 0 Å². The Kier molecular flexibility index (Phi) is 4.27. The minimum atomic E-state index is -0.265. The van der Waals surface area contributed by atoms with Crippen LogP contribution in [0, 0.1) is 12.7 Å². The smallest absolute Gasteiger partial charge is 0.125 e. The molecule has 19 heavy (non-hydrogen) atoms. The molecular weight excluding hydrogens is 265 g/mol. The molecule has 2 nitrogen and oxygen atoms in total. The number of nitrogens with one attached hydrogen (secondary N) is 1. The minimum absolute atomic E-state index is 0.265. The summed E-state index contributed by atoms with van der Waals surface area (Å²) in [5, 5.41) is 3.81. The van der Waals surface area contributed by atoms with Crippen LogP contribution in [0.5, 0.6) is 5.75 Å². The lowest BCUT2D eigenvalue weighted by molar-refractivity contribution is 0.410. The topological polar surface area (TPSA) is 21.3 Å². The molecule has 0 spiro atoms. The number of rotatable bonds is 4. The molecule has 2 aromatic rings. The van der Waals surface area contributed by atoms with Gasteiger partial charge in [-0.1, -0.05) is 23.7 Å². The number of halogens is 2. The van der Waals surface area contributed by atoms with Gasteiger partial charge < -0.3 is 10.1 Å². The Hall–Kier alpha value is -1.74. The molecule has 0 atom stereocenters. The van der Waals surface area contributed by atoms with Gasteiger partial charge in [0.05, 0.1) is 7.11 Å². The standard InChI is InChI=1S/C15H15ClFNO/c1-10-6-7-11(17)8-14(10)18-9-12-13(16)4-3-5-15(12)19-2/h3-8,18H,9H2,1-2H3. The van der Waals surface area contributed by atoms with Crippen LogP contribution >= 0.6 is 11.6 Å². The van der Waals surface area contributed by atoms with Gasteiger partial charge in [0.15, 0.2) is 0 Å². The van der Waals surface area contributed by atoms with E-state index in [-0.39, 0.29) is 5.82 Å². The molecule has 0 unspecified atom stereocenters. The maximum atomic E-state index is 13.2. The fourth-order valence-corrected chi connectivity index (χ4v) is 2.10. The van der Waals surface area contributed by atoms with E-state index >= 15 is 0 Å². The van der Waals surface area contributed by atoms with Crippen LogP contribution in [0.3, 0.4) is 0 Å². The molecular formula is C15H15ClFNO. The van der Waals surface area contributed by atoms with E-state index in [1.165, 1.54) is 12.1 Å². The Balaban J connectivity index is 2.21. The molecule has 2 aromatic carbocycles. The SMILES string of the molecule is COc1cccc(Cl)c1CNc1cc(F)ccc1C. The molecule has 2 rings (SSSR count). The summed E-state index contributed by atoms with van der Waals surface area (Å²) in [4.78, 5) is 0. The van der Waals surface area contributed by atoms with Gasteiger partial charge in [-0.05, 0) is 36.8 Å². The number of ether oxygens (including phenoxy) is 1. The molecule has 0 saturated heterocycles. The van der Waals surface area contributed by atoms with Crippen molar-refractivity contribution in [2.75, 3.05) is 12.4 Å². The summed E-state index contributed by atoms with van der Waals surface area (Å²) in [5.41, 5.74) is 2.59. The predicted molar refractivity (Wildman–Crippen MR) is 76.5 cm³/mol. The van der Waals surface area contributed by atoms with Crippen molar-refractivity contribution in [1.29, 1.82) is 0 Å². The average molecular weight is 280 g/mol. The zero-order valence-electron chi connectivity index (χ0n) is 10.8. The van der Waals surface area contributed by atoms with E-state index in [0.29, 0.717) is 17.3 Å². The van der Waals surface area contributed by atoms with Gasteiger partial charge >= 0.3 is 0 Å². The monoisotopic (exact) mass is 279 g/mol. The van der Waals surface area contributed by atoms with Crippen molar-refractivity contribution in [3.63, 3.8) is 0 Å². The third kappa shape index (κ3) is 3.18. The lowest BCUT2D eigenvalue weighted by atomic mass is 10.1. The normalized spacial score (nSPS) is 10.3. The van der Waals surface area contributed by atoms with E-state index in [9.17, 15) is 4.39 Å².